The normalized spacial score (nSPS) is 22.9. The summed E-state index contributed by atoms with van der Waals surface area (Å²) in [4.78, 5) is 1.11. The van der Waals surface area contributed by atoms with Crippen LogP contribution in [0.2, 0.25) is 0 Å². The van der Waals surface area contributed by atoms with Crippen molar-refractivity contribution in [1.29, 1.82) is 0 Å². The lowest BCUT2D eigenvalue weighted by atomic mass is 9.68. The molecule has 1 aromatic carbocycles. The lowest BCUT2D eigenvalue weighted by Crippen LogP contribution is -2.38. The van der Waals surface area contributed by atoms with Gasteiger partial charge in [-0.25, -0.2) is 4.31 Å². The Morgan fingerprint density at radius 1 is 1.00 bits per heavy atom. The largest absolute Gasteiger partial charge is 0.291 e. The molecule has 0 radical (unpaired) electrons. The summed E-state index contributed by atoms with van der Waals surface area (Å²) >= 11 is 1.77. The Kier molecular flexibility index (Phi) is 4.54. The smallest absolute Gasteiger partial charge is 0.0751 e. The lowest BCUT2D eigenvalue weighted by Gasteiger charge is -2.43. The van der Waals surface area contributed by atoms with Gasteiger partial charge in [-0.3, -0.25) is 10.7 Å². The Bertz CT molecular complexity index is 436. The van der Waals surface area contributed by atoms with E-state index in [1.807, 2.05) is 18.2 Å². The first-order valence-electron chi connectivity index (χ1n) is 7.73. The first-order chi connectivity index (χ1) is 9.81. The SMILES string of the molecule is ONc1ccccc1SN1CCC2(CCCCC2)CC1. The first kappa shape index (κ1) is 14.2. The highest BCUT2D eigenvalue weighted by atomic mass is 32.2. The van der Waals surface area contributed by atoms with Gasteiger partial charge in [-0.15, -0.1) is 0 Å². The molecule has 0 aromatic heterocycles. The maximum Gasteiger partial charge on any atom is 0.0751 e. The summed E-state index contributed by atoms with van der Waals surface area (Å²) < 4.78 is 2.45. The van der Waals surface area contributed by atoms with Crippen LogP contribution in [0.3, 0.4) is 0 Å². The second-order valence-electron chi connectivity index (χ2n) is 6.19. The van der Waals surface area contributed by atoms with Gasteiger partial charge in [0.25, 0.3) is 0 Å². The van der Waals surface area contributed by atoms with Crippen molar-refractivity contribution >= 4 is 17.6 Å². The van der Waals surface area contributed by atoms with Gasteiger partial charge in [0.15, 0.2) is 0 Å². The molecule has 0 bridgehead atoms. The molecule has 2 aliphatic rings. The van der Waals surface area contributed by atoms with Crippen LogP contribution in [0.15, 0.2) is 29.2 Å². The van der Waals surface area contributed by atoms with Gasteiger partial charge < -0.3 is 0 Å². The van der Waals surface area contributed by atoms with E-state index in [1.54, 1.807) is 11.9 Å². The fraction of sp³-hybridized carbons (Fsp3) is 0.625. The molecule has 4 heteroatoms. The molecule has 20 heavy (non-hydrogen) atoms. The highest BCUT2D eigenvalue weighted by Crippen LogP contribution is 2.46. The maximum absolute atomic E-state index is 9.16. The summed E-state index contributed by atoms with van der Waals surface area (Å²) in [6, 6.07) is 7.94. The predicted octanol–water partition coefficient (Wildman–Crippen LogP) is 4.54. The lowest BCUT2D eigenvalue weighted by molar-refractivity contribution is 0.106. The number of benzene rings is 1. The van der Waals surface area contributed by atoms with Crippen LogP contribution in [-0.2, 0) is 0 Å². The zero-order valence-electron chi connectivity index (χ0n) is 12.0. The quantitative estimate of drug-likeness (QED) is 0.633. The number of rotatable bonds is 3. The van der Waals surface area contributed by atoms with Gasteiger partial charge in [0.1, 0.15) is 0 Å². The second kappa shape index (κ2) is 6.37. The second-order valence-corrected chi connectivity index (χ2v) is 7.33. The third-order valence-corrected chi connectivity index (χ3v) is 6.11. The Balaban J connectivity index is 1.58. The van der Waals surface area contributed by atoms with Crippen LogP contribution in [0.4, 0.5) is 5.69 Å². The monoisotopic (exact) mass is 292 g/mol. The fourth-order valence-electron chi connectivity index (χ4n) is 3.63. The van der Waals surface area contributed by atoms with Crippen molar-refractivity contribution < 1.29 is 5.21 Å². The van der Waals surface area contributed by atoms with Crippen LogP contribution in [0.5, 0.6) is 0 Å². The van der Waals surface area contributed by atoms with Crippen molar-refractivity contribution in [3.8, 4) is 0 Å². The molecule has 1 aromatic rings. The van der Waals surface area contributed by atoms with Crippen molar-refractivity contribution in [2.45, 2.75) is 49.8 Å². The Morgan fingerprint density at radius 2 is 1.70 bits per heavy atom. The van der Waals surface area contributed by atoms with Crippen molar-refractivity contribution in [3.05, 3.63) is 24.3 Å². The zero-order valence-corrected chi connectivity index (χ0v) is 12.8. The van der Waals surface area contributed by atoms with Crippen molar-refractivity contribution in [2.24, 2.45) is 5.41 Å². The average molecular weight is 292 g/mol. The third kappa shape index (κ3) is 3.13. The molecule has 0 amide bonds. The van der Waals surface area contributed by atoms with Crippen LogP contribution in [0.25, 0.3) is 0 Å². The van der Waals surface area contributed by atoms with Crippen molar-refractivity contribution in [3.63, 3.8) is 0 Å². The molecule has 0 atom stereocenters. The predicted molar refractivity (Wildman–Crippen MR) is 84.0 cm³/mol. The number of hydrogen-bond acceptors (Lipinski definition) is 4. The number of nitrogens with one attached hydrogen (secondary N) is 1. The summed E-state index contributed by atoms with van der Waals surface area (Å²) in [6.45, 7) is 2.34. The molecule has 1 saturated heterocycles. The highest BCUT2D eigenvalue weighted by molar-refractivity contribution is 7.97. The van der Waals surface area contributed by atoms with E-state index in [-0.39, 0.29) is 0 Å². The van der Waals surface area contributed by atoms with E-state index >= 15 is 0 Å². The molecule has 1 spiro atoms. The molecule has 2 fully saturated rings. The Hall–Kier alpha value is -0.710. The van der Waals surface area contributed by atoms with E-state index in [0.717, 1.165) is 10.6 Å². The molecular formula is C16H24N2OS. The van der Waals surface area contributed by atoms with E-state index < -0.39 is 0 Å². The molecule has 0 unspecified atom stereocenters. The molecule has 110 valence electrons. The topological polar surface area (TPSA) is 35.5 Å². The highest BCUT2D eigenvalue weighted by Gasteiger charge is 2.35. The van der Waals surface area contributed by atoms with Crippen LogP contribution in [0.1, 0.15) is 44.9 Å². The van der Waals surface area contributed by atoms with Gasteiger partial charge in [-0.05, 0) is 55.2 Å². The number of para-hydroxylation sites is 1. The van der Waals surface area contributed by atoms with E-state index in [2.05, 4.69) is 15.9 Å². The van der Waals surface area contributed by atoms with E-state index in [0.29, 0.717) is 5.41 Å². The Labute approximate surface area is 125 Å². The summed E-state index contributed by atoms with van der Waals surface area (Å²) in [7, 11) is 0. The fourth-order valence-corrected chi connectivity index (χ4v) is 4.63. The molecule has 1 aliphatic carbocycles. The maximum atomic E-state index is 9.16. The molecule has 1 aliphatic heterocycles. The van der Waals surface area contributed by atoms with Crippen molar-refractivity contribution in [1.82, 2.24) is 4.31 Å². The summed E-state index contributed by atoms with van der Waals surface area (Å²) in [5.74, 6) is 0. The average Bonchev–Trinajstić information content (AvgIpc) is 2.51. The molecule has 3 nitrogen and oxygen atoms in total. The van der Waals surface area contributed by atoms with E-state index in [1.165, 1.54) is 58.0 Å². The van der Waals surface area contributed by atoms with Gasteiger partial charge in [0.05, 0.1) is 5.69 Å². The van der Waals surface area contributed by atoms with Crippen LogP contribution < -0.4 is 5.48 Å². The van der Waals surface area contributed by atoms with E-state index in [9.17, 15) is 0 Å². The van der Waals surface area contributed by atoms with Gasteiger partial charge in [0, 0.05) is 18.0 Å². The number of nitrogens with zero attached hydrogens (tertiary/aromatic N) is 1. The molecule has 3 rings (SSSR count). The summed E-state index contributed by atoms with van der Waals surface area (Å²) in [6.07, 6.45) is 9.88. The Morgan fingerprint density at radius 3 is 2.40 bits per heavy atom. The zero-order chi connectivity index (χ0) is 13.8. The van der Waals surface area contributed by atoms with Crippen LogP contribution in [-0.4, -0.2) is 22.6 Å². The number of hydrogen-bond donors (Lipinski definition) is 2. The van der Waals surface area contributed by atoms with Gasteiger partial charge in [-0.1, -0.05) is 31.4 Å². The van der Waals surface area contributed by atoms with Gasteiger partial charge in [-0.2, -0.15) is 0 Å². The third-order valence-electron chi connectivity index (χ3n) is 4.93. The van der Waals surface area contributed by atoms with Gasteiger partial charge in [0.2, 0.25) is 0 Å². The summed E-state index contributed by atoms with van der Waals surface area (Å²) in [5.41, 5.74) is 3.75. The minimum Gasteiger partial charge on any atom is -0.291 e. The number of anilines is 1. The summed E-state index contributed by atoms with van der Waals surface area (Å²) in [5, 5.41) is 9.16. The van der Waals surface area contributed by atoms with Gasteiger partial charge >= 0.3 is 0 Å². The minimum atomic E-state index is 0.657. The molecular weight excluding hydrogens is 268 g/mol. The van der Waals surface area contributed by atoms with E-state index in [4.69, 9.17) is 5.21 Å². The molecule has 2 N–H and O–H groups in total. The molecule has 1 heterocycles. The number of piperidine rings is 1. The molecule has 1 saturated carbocycles. The van der Waals surface area contributed by atoms with Crippen LogP contribution in [0, 0.1) is 5.41 Å². The van der Waals surface area contributed by atoms with Crippen molar-refractivity contribution in [2.75, 3.05) is 18.6 Å². The van der Waals surface area contributed by atoms with Crippen LogP contribution >= 0.6 is 11.9 Å². The first-order valence-corrected chi connectivity index (χ1v) is 8.51. The standard InChI is InChI=1S/C16H24N2OS/c19-17-14-6-2-3-7-15(14)20-18-12-10-16(11-13-18)8-4-1-5-9-16/h2-3,6-7,17,19H,1,4-5,8-13H2. The minimum absolute atomic E-state index is 0.657.